The summed E-state index contributed by atoms with van der Waals surface area (Å²) in [4.78, 5) is 3.21. The van der Waals surface area contributed by atoms with Gasteiger partial charge in [-0.3, -0.25) is 0 Å². The molecule has 2 rings (SSSR count). The SMILES string of the molecule is Cc1c[nH]c2cccc(OC[C@H](O)CNC(C)(C)C)c12. The molecule has 4 heteroatoms. The second-order valence-electron chi connectivity index (χ2n) is 6.25. The lowest BCUT2D eigenvalue weighted by Gasteiger charge is -2.23. The molecule has 110 valence electrons. The molecule has 3 N–H and O–H groups in total. The second kappa shape index (κ2) is 5.85. The molecule has 0 bridgehead atoms. The number of benzene rings is 1. The first-order valence-corrected chi connectivity index (χ1v) is 6.99. The van der Waals surface area contributed by atoms with Crippen molar-refractivity contribution in [2.45, 2.75) is 39.3 Å². The van der Waals surface area contributed by atoms with Crippen LogP contribution in [0, 0.1) is 6.92 Å². The number of hydrogen-bond donors (Lipinski definition) is 3. The Labute approximate surface area is 120 Å². The van der Waals surface area contributed by atoms with Crippen LogP contribution in [0.1, 0.15) is 26.3 Å². The van der Waals surface area contributed by atoms with Crippen LogP contribution in [-0.2, 0) is 0 Å². The molecule has 2 aromatic rings. The number of β-amino-alcohol motifs (C(OH)–C–C–N with tert-alkyl or cyclic N) is 1. The molecule has 0 aliphatic heterocycles. The highest BCUT2D eigenvalue weighted by Gasteiger charge is 2.13. The summed E-state index contributed by atoms with van der Waals surface area (Å²) in [6.07, 6.45) is 1.44. The number of fused-ring (bicyclic) bond motifs is 1. The highest BCUT2D eigenvalue weighted by Crippen LogP contribution is 2.28. The van der Waals surface area contributed by atoms with Crippen LogP contribution >= 0.6 is 0 Å². The summed E-state index contributed by atoms with van der Waals surface area (Å²) >= 11 is 0. The Hall–Kier alpha value is -1.52. The van der Waals surface area contributed by atoms with Crippen molar-refractivity contribution in [2.24, 2.45) is 0 Å². The number of nitrogens with one attached hydrogen (secondary N) is 2. The van der Waals surface area contributed by atoms with Crippen LogP contribution in [0.25, 0.3) is 10.9 Å². The van der Waals surface area contributed by atoms with Gasteiger partial charge in [0.2, 0.25) is 0 Å². The van der Waals surface area contributed by atoms with Crippen molar-refractivity contribution in [1.29, 1.82) is 0 Å². The Kier molecular flexibility index (Phi) is 4.35. The summed E-state index contributed by atoms with van der Waals surface area (Å²) < 4.78 is 5.78. The van der Waals surface area contributed by atoms with Crippen molar-refractivity contribution in [3.63, 3.8) is 0 Å². The van der Waals surface area contributed by atoms with Crippen molar-refractivity contribution in [3.05, 3.63) is 30.0 Å². The van der Waals surface area contributed by atoms with Gasteiger partial charge < -0.3 is 20.1 Å². The van der Waals surface area contributed by atoms with E-state index in [2.05, 4.69) is 31.1 Å². The normalized spacial score (nSPS) is 13.7. The van der Waals surface area contributed by atoms with Crippen molar-refractivity contribution >= 4 is 10.9 Å². The number of ether oxygens (including phenoxy) is 1. The van der Waals surface area contributed by atoms with Gasteiger partial charge >= 0.3 is 0 Å². The molecule has 1 aromatic heterocycles. The van der Waals surface area contributed by atoms with Gasteiger partial charge in [-0.2, -0.15) is 0 Å². The average Bonchev–Trinajstić information content (AvgIpc) is 2.76. The fraction of sp³-hybridized carbons (Fsp3) is 0.500. The maximum Gasteiger partial charge on any atom is 0.129 e. The molecule has 0 amide bonds. The Morgan fingerprint density at radius 3 is 2.80 bits per heavy atom. The molecule has 0 saturated heterocycles. The van der Waals surface area contributed by atoms with Crippen molar-refractivity contribution in [3.8, 4) is 5.75 Å². The van der Waals surface area contributed by atoms with Gasteiger partial charge in [0.15, 0.2) is 0 Å². The first-order chi connectivity index (χ1) is 9.37. The molecular formula is C16H24N2O2. The molecule has 1 heterocycles. The lowest BCUT2D eigenvalue weighted by atomic mass is 10.1. The number of aromatic amines is 1. The van der Waals surface area contributed by atoms with E-state index in [4.69, 9.17) is 4.74 Å². The van der Waals surface area contributed by atoms with E-state index < -0.39 is 6.10 Å². The van der Waals surface area contributed by atoms with Gasteiger partial charge in [-0.1, -0.05) is 6.07 Å². The Bertz CT molecular complexity index is 569. The first-order valence-electron chi connectivity index (χ1n) is 6.99. The van der Waals surface area contributed by atoms with Crippen LogP contribution in [0.15, 0.2) is 24.4 Å². The minimum Gasteiger partial charge on any atom is -0.490 e. The molecular weight excluding hydrogens is 252 g/mol. The van der Waals surface area contributed by atoms with Crippen LogP contribution in [0.5, 0.6) is 5.75 Å². The zero-order chi connectivity index (χ0) is 14.8. The van der Waals surface area contributed by atoms with Crippen molar-refractivity contribution in [2.75, 3.05) is 13.2 Å². The average molecular weight is 276 g/mol. The number of H-pyrrole nitrogens is 1. The standard InChI is InChI=1S/C16H24N2O2/c1-11-8-17-13-6-5-7-14(15(11)13)20-10-12(19)9-18-16(2,3)4/h5-8,12,17-19H,9-10H2,1-4H3/t12-/m1/s1. The van der Waals surface area contributed by atoms with Crippen LogP contribution in [0.2, 0.25) is 0 Å². The third-order valence-corrected chi connectivity index (χ3v) is 3.16. The molecule has 0 spiro atoms. The van der Waals surface area contributed by atoms with Gasteiger partial charge in [0.05, 0.1) is 0 Å². The van der Waals surface area contributed by atoms with Gasteiger partial charge in [-0.15, -0.1) is 0 Å². The molecule has 1 aromatic carbocycles. The third-order valence-electron chi connectivity index (χ3n) is 3.16. The Balaban J connectivity index is 1.97. The summed E-state index contributed by atoms with van der Waals surface area (Å²) in [7, 11) is 0. The highest BCUT2D eigenvalue weighted by atomic mass is 16.5. The van der Waals surface area contributed by atoms with Gasteiger partial charge in [0, 0.05) is 29.2 Å². The summed E-state index contributed by atoms with van der Waals surface area (Å²) in [6, 6.07) is 5.91. The van der Waals surface area contributed by atoms with Crippen LogP contribution in [0.3, 0.4) is 0 Å². The summed E-state index contributed by atoms with van der Waals surface area (Å²) in [5, 5.41) is 14.3. The number of hydrogen-bond acceptors (Lipinski definition) is 3. The van der Waals surface area contributed by atoms with E-state index in [1.807, 2.05) is 31.3 Å². The zero-order valence-corrected chi connectivity index (χ0v) is 12.7. The monoisotopic (exact) mass is 276 g/mol. The van der Waals surface area contributed by atoms with E-state index in [0.29, 0.717) is 6.54 Å². The summed E-state index contributed by atoms with van der Waals surface area (Å²) in [6.45, 7) is 9.07. The van der Waals surface area contributed by atoms with E-state index in [1.165, 1.54) is 0 Å². The van der Waals surface area contributed by atoms with Gasteiger partial charge in [0.1, 0.15) is 18.5 Å². The molecule has 0 radical (unpaired) electrons. The molecule has 4 nitrogen and oxygen atoms in total. The first kappa shape index (κ1) is 14.9. The fourth-order valence-corrected chi connectivity index (χ4v) is 2.11. The molecule has 0 saturated carbocycles. The topological polar surface area (TPSA) is 57.3 Å². The maximum atomic E-state index is 9.97. The van der Waals surface area contributed by atoms with E-state index in [-0.39, 0.29) is 12.1 Å². The molecule has 0 fully saturated rings. The summed E-state index contributed by atoms with van der Waals surface area (Å²) in [5.74, 6) is 0.816. The third kappa shape index (κ3) is 3.74. The summed E-state index contributed by atoms with van der Waals surface area (Å²) in [5.41, 5.74) is 2.21. The Morgan fingerprint density at radius 1 is 1.35 bits per heavy atom. The van der Waals surface area contributed by atoms with Gasteiger partial charge in [-0.05, 0) is 45.4 Å². The van der Waals surface area contributed by atoms with Crippen LogP contribution < -0.4 is 10.1 Å². The number of rotatable bonds is 5. The van der Waals surface area contributed by atoms with E-state index in [9.17, 15) is 5.11 Å². The molecule has 0 aliphatic rings. The lowest BCUT2D eigenvalue weighted by molar-refractivity contribution is 0.101. The smallest absolute Gasteiger partial charge is 0.129 e. The number of aryl methyl sites for hydroxylation is 1. The number of aliphatic hydroxyl groups is 1. The molecule has 20 heavy (non-hydrogen) atoms. The van der Waals surface area contributed by atoms with Crippen LogP contribution in [0.4, 0.5) is 0 Å². The van der Waals surface area contributed by atoms with E-state index in [0.717, 1.165) is 22.2 Å². The van der Waals surface area contributed by atoms with E-state index >= 15 is 0 Å². The predicted octanol–water partition coefficient (Wildman–Crippen LogP) is 2.60. The quantitative estimate of drug-likeness (QED) is 0.787. The molecule has 0 unspecified atom stereocenters. The van der Waals surface area contributed by atoms with Gasteiger partial charge in [-0.25, -0.2) is 0 Å². The largest absolute Gasteiger partial charge is 0.490 e. The van der Waals surface area contributed by atoms with Crippen molar-refractivity contribution in [1.82, 2.24) is 10.3 Å². The number of aromatic nitrogens is 1. The lowest BCUT2D eigenvalue weighted by Crippen LogP contribution is -2.42. The fourth-order valence-electron chi connectivity index (χ4n) is 2.11. The van der Waals surface area contributed by atoms with E-state index in [1.54, 1.807) is 0 Å². The predicted molar refractivity (Wildman–Crippen MR) is 82.3 cm³/mol. The Morgan fingerprint density at radius 2 is 2.10 bits per heavy atom. The minimum atomic E-state index is -0.524. The van der Waals surface area contributed by atoms with Gasteiger partial charge in [0.25, 0.3) is 0 Å². The minimum absolute atomic E-state index is 0.00177. The maximum absolute atomic E-state index is 9.97. The van der Waals surface area contributed by atoms with Crippen LogP contribution in [-0.4, -0.2) is 34.9 Å². The van der Waals surface area contributed by atoms with Crippen molar-refractivity contribution < 1.29 is 9.84 Å². The second-order valence-corrected chi connectivity index (χ2v) is 6.25. The zero-order valence-electron chi connectivity index (χ0n) is 12.7. The number of aliphatic hydroxyl groups excluding tert-OH is 1. The molecule has 0 aliphatic carbocycles. The highest BCUT2D eigenvalue weighted by molar-refractivity contribution is 5.89. The molecule has 1 atom stereocenters.